The number of carbonyl (C=O) groups excluding carboxylic acids is 2. The second-order valence-electron chi connectivity index (χ2n) is 3.58. The van der Waals surface area contributed by atoms with Gasteiger partial charge in [0.25, 0.3) is 0 Å². The number of amides is 1. The lowest BCUT2D eigenvalue weighted by Gasteiger charge is -2.30. The molecule has 2 aliphatic heterocycles. The highest BCUT2D eigenvalue weighted by Crippen LogP contribution is 2.46. The first kappa shape index (κ1) is 8.87. The molecule has 2 heterocycles. The van der Waals surface area contributed by atoms with Crippen LogP contribution < -0.4 is 5.11 Å². The molecule has 2 saturated heterocycles. The predicted molar refractivity (Wildman–Crippen MR) is 45.7 cm³/mol. The molecule has 2 atom stereocenters. The van der Waals surface area contributed by atoms with Crippen molar-refractivity contribution < 1.29 is 14.7 Å². The Labute approximate surface area is 80.3 Å². The first-order valence-corrected chi connectivity index (χ1v) is 5.20. The van der Waals surface area contributed by atoms with Crippen LogP contribution in [0, 0.1) is 0 Å². The Balaban J connectivity index is 2.29. The van der Waals surface area contributed by atoms with Crippen LogP contribution in [0.5, 0.6) is 0 Å². The summed E-state index contributed by atoms with van der Waals surface area (Å²) in [6, 6.07) is -0.718. The van der Waals surface area contributed by atoms with Gasteiger partial charge in [0, 0.05) is 12.2 Å². The monoisotopic (exact) mass is 200 g/mol. The van der Waals surface area contributed by atoms with Crippen molar-refractivity contribution >= 4 is 23.6 Å². The Bertz CT molecular complexity index is 281. The van der Waals surface area contributed by atoms with Gasteiger partial charge >= 0.3 is 0 Å². The molecule has 0 radical (unpaired) electrons. The van der Waals surface area contributed by atoms with Crippen LogP contribution in [-0.4, -0.2) is 33.4 Å². The number of hydrogen-bond donors (Lipinski definition) is 0. The first-order chi connectivity index (χ1) is 6.04. The van der Waals surface area contributed by atoms with Crippen LogP contribution in [0.15, 0.2) is 0 Å². The van der Waals surface area contributed by atoms with Crippen molar-refractivity contribution in [2.24, 2.45) is 0 Å². The number of aliphatic carboxylic acids is 1. The zero-order valence-corrected chi connectivity index (χ0v) is 8.10. The Hall–Kier alpha value is -0.710. The molecule has 0 bridgehead atoms. The average Bonchev–Trinajstić information content (AvgIpc) is 2.50. The van der Waals surface area contributed by atoms with Gasteiger partial charge in [-0.25, -0.2) is 0 Å². The van der Waals surface area contributed by atoms with E-state index in [0.717, 1.165) is 6.42 Å². The van der Waals surface area contributed by atoms with Gasteiger partial charge in [-0.05, 0) is 13.3 Å². The van der Waals surface area contributed by atoms with E-state index in [0.29, 0.717) is 12.2 Å². The molecule has 2 fully saturated rings. The van der Waals surface area contributed by atoms with Gasteiger partial charge < -0.3 is 14.8 Å². The number of thioether (sulfide) groups is 1. The van der Waals surface area contributed by atoms with Crippen molar-refractivity contribution in [1.29, 1.82) is 0 Å². The van der Waals surface area contributed by atoms with Crippen LogP contribution in [-0.2, 0) is 9.59 Å². The van der Waals surface area contributed by atoms with E-state index in [2.05, 4.69) is 0 Å². The molecule has 0 aromatic heterocycles. The maximum atomic E-state index is 11.4. The molecule has 0 aromatic rings. The highest BCUT2D eigenvalue weighted by molar-refractivity contribution is 8.01. The van der Waals surface area contributed by atoms with Crippen molar-refractivity contribution in [1.82, 2.24) is 4.90 Å². The molecule has 1 amide bonds. The highest BCUT2D eigenvalue weighted by Gasteiger charge is 2.50. The summed E-state index contributed by atoms with van der Waals surface area (Å²) in [7, 11) is 0. The lowest BCUT2D eigenvalue weighted by atomic mass is 10.2. The van der Waals surface area contributed by atoms with Crippen molar-refractivity contribution in [3.8, 4) is 0 Å². The van der Waals surface area contributed by atoms with E-state index in [9.17, 15) is 14.7 Å². The second kappa shape index (κ2) is 2.64. The number of hydrogen-bond acceptors (Lipinski definition) is 4. The molecule has 0 aliphatic carbocycles. The van der Waals surface area contributed by atoms with E-state index in [1.165, 1.54) is 16.7 Å². The maximum Gasteiger partial charge on any atom is 0.224 e. The highest BCUT2D eigenvalue weighted by atomic mass is 32.2. The summed E-state index contributed by atoms with van der Waals surface area (Å²) in [5.41, 5.74) is 0. The Morgan fingerprint density at radius 1 is 1.77 bits per heavy atom. The van der Waals surface area contributed by atoms with Crippen LogP contribution in [0.1, 0.15) is 19.8 Å². The molecular formula is C8H10NO3S-. The van der Waals surface area contributed by atoms with Crippen molar-refractivity contribution in [2.75, 3.05) is 5.75 Å². The quantitative estimate of drug-likeness (QED) is 0.555. The minimum absolute atomic E-state index is 0.0540. The standard InChI is InChI=1S/C8H11NO3S/c1-8-3-2-6(10)9(8)5(4-13-8)7(11)12/h5H,2-4H2,1H3,(H,11,12)/p-1. The summed E-state index contributed by atoms with van der Waals surface area (Å²) < 4.78 is 0. The smallest absolute Gasteiger partial charge is 0.224 e. The summed E-state index contributed by atoms with van der Waals surface area (Å²) in [5, 5.41) is 10.7. The topological polar surface area (TPSA) is 60.4 Å². The summed E-state index contributed by atoms with van der Waals surface area (Å²) in [6.45, 7) is 1.92. The van der Waals surface area contributed by atoms with Gasteiger partial charge in [-0.1, -0.05) is 0 Å². The van der Waals surface area contributed by atoms with E-state index in [1.54, 1.807) is 0 Å². The average molecular weight is 200 g/mol. The third-order valence-electron chi connectivity index (χ3n) is 2.72. The van der Waals surface area contributed by atoms with Crippen LogP contribution in [0.3, 0.4) is 0 Å². The number of carboxylic acids is 1. The predicted octanol–water partition coefficient (Wildman–Crippen LogP) is -0.810. The normalized spacial score (nSPS) is 38.1. The van der Waals surface area contributed by atoms with E-state index in [4.69, 9.17) is 0 Å². The molecular weight excluding hydrogens is 190 g/mol. The van der Waals surface area contributed by atoms with Crippen molar-refractivity contribution in [3.63, 3.8) is 0 Å². The Kier molecular flexibility index (Phi) is 1.80. The Morgan fingerprint density at radius 2 is 2.46 bits per heavy atom. The number of carboxylic acid groups (broad SMARTS) is 1. The van der Waals surface area contributed by atoms with Crippen LogP contribution in [0.2, 0.25) is 0 Å². The molecule has 0 N–H and O–H groups in total. The SMILES string of the molecule is CC12CCC(=O)N1C(C(=O)[O-])CS2. The first-order valence-electron chi connectivity index (χ1n) is 4.21. The van der Waals surface area contributed by atoms with Gasteiger partial charge in [-0.2, -0.15) is 0 Å². The van der Waals surface area contributed by atoms with E-state index >= 15 is 0 Å². The molecule has 2 rings (SSSR count). The van der Waals surface area contributed by atoms with Crippen molar-refractivity contribution in [3.05, 3.63) is 0 Å². The number of carbonyl (C=O) groups is 2. The fourth-order valence-electron chi connectivity index (χ4n) is 2.00. The van der Waals surface area contributed by atoms with Gasteiger partial charge in [0.1, 0.15) is 0 Å². The lowest BCUT2D eigenvalue weighted by molar-refractivity contribution is -0.310. The van der Waals surface area contributed by atoms with Crippen LogP contribution in [0.25, 0.3) is 0 Å². The molecule has 0 saturated carbocycles. The minimum Gasteiger partial charge on any atom is -0.548 e. The van der Waals surface area contributed by atoms with Gasteiger partial charge in [-0.15, -0.1) is 11.8 Å². The summed E-state index contributed by atoms with van der Waals surface area (Å²) in [4.78, 5) is 23.3. The molecule has 72 valence electrons. The van der Waals surface area contributed by atoms with Gasteiger partial charge in [-0.3, -0.25) is 4.79 Å². The van der Waals surface area contributed by atoms with Crippen LogP contribution in [0.4, 0.5) is 0 Å². The minimum atomic E-state index is -1.13. The Morgan fingerprint density at radius 3 is 3.08 bits per heavy atom. The third kappa shape index (κ3) is 1.14. The van der Waals surface area contributed by atoms with E-state index in [-0.39, 0.29) is 10.8 Å². The maximum absolute atomic E-state index is 11.4. The molecule has 4 nitrogen and oxygen atoms in total. The fraction of sp³-hybridized carbons (Fsp3) is 0.750. The summed E-state index contributed by atoms with van der Waals surface area (Å²) in [5.74, 6) is -0.724. The second-order valence-corrected chi connectivity index (χ2v) is 5.09. The molecule has 2 unspecified atom stereocenters. The number of nitrogens with zero attached hydrogens (tertiary/aromatic N) is 1. The summed E-state index contributed by atoms with van der Waals surface area (Å²) in [6.07, 6.45) is 1.22. The van der Waals surface area contributed by atoms with E-state index < -0.39 is 12.0 Å². The fourth-order valence-corrected chi connectivity index (χ4v) is 3.41. The van der Waals surface area contributed by atoms with Crippen LogP contribution >= 0.6 is 11.8 Å². The molecule has 13 heavy (non-hydrogen) atoms. The molecule has 5 heteroatoms. The number of rotatable bonds is 1. The van der Waals surface area contributed by atoms with Gasteiger partial charge in [0.05, 0.1) is 16.9 Å². The van der Waals surface area contributed by atoms with E-state index in [1.807, 2.05) is 6.92 Å². The molecule has 0 aromatic carbocycles. The van der Waals surface area contributed by atoms with Crippen molar-refractivity contribution in [2.45, 2.75) is 30.7 Å². The molecule has 0 spiro atoms. The lowest BCUT2D eigenvalue weighted by Crippen LogP contribution is -2.51. The third-order valence-corrected chi connectivity index (χ3v) is 4.22. The van der Waals surface area contributed by atoms with Gasteiger partial charge in [0.2, 0.25) is 5.91 Å². The molecule has 2 aliphatic rings. The largest absolute Gasteiger partial charge is 0.548 e. The summed E-state index contributed by atoms with van der Waals surface area (Å²) >= 11 is 1.54. The zero-order valence-electron chi connectivity index (χ0n) is 7.28. The number of fused-ring (bicyclic) bond motifs is 1. The van der Waals surface area contributed by atoms with Gasteiger partial charge in [0.15, 0.2) is 0 Å². The zero-order chi connectivity index (χ0) is 9.64.